The molecule has 138 valence electrons. The van der Waals surface area contributed by atoms with Gasteiger partial charge in [-0.05, 0) is 49.9 Å². The summed E-state index contributed by atoms with van der Waals surface area (Å²) in [7, 11) is 0. The van der Waals surface area contributed by atoms with E-state index in [1.54, 1.807) is 0 Å². The van der Waals surface area contributed by atoms with Gasteiger partial charge in [0, 0.05) is 22.8 Å². The molecule has 1 spiro atoms. The molecule has 2 bridgehead atoms. The van der Waals surface area contributed by atoms with Crippen LogP contribution in [0.3, 0.4) is 0 Å². The van der Waals surface area contributed by atoms with Crippen molar-refractivity contribution in [3.05, 3.63) is 0 Å². The van der Waals surface area contributed by atoms with Crippen molar-refractivity contribution in [1.82, 2.24) is 0 Å². The van der Waals surface area contributed by atoms with Gasteiger partial charge in [0.25, 0.3) is 0 Å². The van der Waals surface area contributed by atoms with E-state index in [-0.39, 0.29) is 35.1 Å². The van der Waals surface area contributed by atoms with Crippen LogP contribution in [0.5, 0.6) is 0 Å². The molecule has 10 atom stereocenters. The minimum absolute atomic E-state index is 0.0180. The van der Waals surface area contributed by atoms with Crippen molar-refractivity contribution in [3.8, 4) is 0 Å². The Hall–Kier alpha value is -0.200. The fourth-order valence-corrected chi connectivity index (χ4v) is 7.46. The van der Waals surface area contributed by atoms with E-state index >= 15 is 0 Å². The second-order valence-electron chi connectivity index (χ2n) is 9.88. The first-order chi connectivity index (χ1) is 11.1. The quantitative estimate of drug-likeness (QED) is 0.445. The van der Waals surface area contributed by atoms with Crippen LogP contribution in [-0.2, 0) is 0 Å². The van der Waals surface area contributed by atoms with Crippen molar-refractivity contribution >= 4 is 0 Å². The fourth-order valence-electron chi connectivity index (χ4n) is 7.46. The molecule has 0 saturated heterocycles. The number of hydrogen-bond donors (Lipinski definition) is 5. The number of rotatable bonds is 0. The average Bonchev–Trinajstić information content (AvgIpc) is 2.73. The molecular weight excluding hydrogens is 306 g/mol. The van der Waals surface area contributed by atoms with Crippen LogP contribution in [0, 0.1) is 34.5 Å². The molecule has 4 aliphatic rings. The molecule has 4 saturated carbocycles. The first-order valence-electron chi connectivity index (χ1n) is 9.59. The van der Waals surface area contributed by atoms with Gasteiger partial charge in [0.15, 0.2) is 0 Å². The fraction of sp³-hybridized carbons (Fsp3) is 1.00. The topological polar surface area (TPSA) is 107 Å². The molecule has 0 aromatic rings. The number of nitrogens with two attached hydrogens (primary N) is 1. The van der Waals surface area contributed by atoms with E-state index < -0.39 is 29.3 Å². The van der Waals surface area contributed by atoms with Crippen LogP contribution < -0.4 is 5.73 Å². The van der Waals surface area contributed by atoms with Gasteiger partial charge in [-0.25, -0.2) is 0 Å². The summed E-state index contributed by atoms with van der Waals surface area (Å²) in [5.74, 6) is 0.353. The maximum atomic E-state index is 11.6. The van der Waals surface area contributed by atoms with Crippen LogP contribution in [-0.4, -0.2) is 50.4 Å². The lowest BCUT2D eigenvalue weighted by molar-refractivity contribution is -0.178. The molecule has 0 aliphatic heterocycles. The van der Waals surface area contributed by atoms with Crippen molar-refractivity contribution < 1.29 is 20.4 Å². The summed E-state index contributed by atoms with van der Waals surface area (Å²) >= 11 is 0. The minimum Gasteiger partial charge on any atom is -0.392 e. The molecule has 6 N–H and O–H groups in total. The highest BCUT2D eigenvalue weighted by Crippen LogP contribution is 2.66. The Kier molecular flexibility index (Phi) is 3.55. The smallest absolute Gasteiger partial charge is 0.101 e. The molecule has 0 radical (unpaired) electrons. The highest BCUT2D eigenvalue weighted by atomic mass is 16.4. The minimum atomic E-state index is -1.32. The predicted molar refractivity (Wildman–Crippen MR) is 89.9 cm³/mol. The largest absolute Gasteiger partial charge is 0.392 e. The molecule has 0 heterocycles. The summed E-state index contributed by atoms with van der Waals surface area (Å²) in [5, 5.41) is 44.4. The van der Waals surface area contributed by atoms with Gasteiger partial charge in [-0.3, -0.25) is 0 Å². The van der Waals surface area contributed by atoms with Crippen LogP contribution in [0.2, 0.25) is 0 Å². The van der Waals surface area contributed by atoms with Crippen molar-refractivity contribution in [1.29, 1.82) is 0 Å². The maximum absolute atomic E-state index is 11.6. The lowest BCUT2D eigenvalue weighted by Crippen LogP contribution is -2.57. The van der Waals surface area contributed by atoms with Gasteiger partial charge < -0.3 is 26.2 Å². The standard InChI is InChI=1S/C19H33NO4/c1-9-11-5-4-10-13(20)7-18(11,16(10)23)8-15(22)19(24)12(9)6-14(21)17(19,2)3/h9-16,21-24H,4-8,20H2,1-3H3/t9-,10-,11-,12-,13-,14-,15+,16+,18+,19-/m0/s1. The summed E-state index contributed by atoms with van der Waals surface area (Å²) in [4.78, 5) is 0. The van der Waals surface area contributed by atoms with Crippen molar-refractivity contribution in [3.63, 3.8) is 0 Å². The van der Waals surface area contributed by atoms with Crippen LogP contribution in [0.15, 0.2) is 0 Å². The van der Waals surface area contributed by atoms with Gasteiger partial charge >= 0.3 is 0 Å². The van der Waals surface area contributed by atoms with E-state index in [4.69, 9.17) is 5.73 Å². The van der Waals surface area contributed by atoms with Crippen LogP contribution >= 0.6 is 0 Å². The van der Waals surface area contributed by atoms with E-state index in [2.05, 4.69) is 6.92 Å². The lowest BCUT2D eigenvalue weighted by Gasteiger charge is -2.47. The molecule has 24 heavy (non-hydrogen) atoms. The van der Waals surface area contributed by atoms with Crippen molar-refractivity contribution in [2.75, 3.05) is 0 Å². The molecule has 4 rings (SSSR count). The molecule has 0 amide bonds. The monoisotopic (exact) mass is 339 g/mol. The Bertz CT molecular complexity index is 539. The molecule has 5 heteroatoms. The summed E-state index contributed by atoms with van der Waals surface area (Å²) in [6.07, 6.45) is 1.50. The zero-order valence-electron chi connectivity index (χ0n) is 15.0. The van der Waals surface area contributed by atoms with E-state index in [0.717, 1.165) is 19.3 Å². The van der Waals surface area contributed by atoms with Crippen LogP contribution in [0.4, 0.5) is 0 Å². The van der Waals surface area contributed by atoms with Crippen LogP contribution in [0.25, 0.3) is 0 Å². The van der Waals surface area contributed by atoms with E-state index in [1.807, 2.05) is 13.8 Å². The number of fused-ring (bicyclic) bond motifs is 2. The van der Waals surface area contributed by atoms with Gasteiger partial charge in [-0.2, -0.15) is 0 Å². The number of aliphatic hydroxyl groups is 4. The Morgan fingerprint density at radius 3 is 2.29 bits per heavy atom. The summed E-state index contributed by atoms with van der Waals surface area (Å²) < 4.78 is 0. The van der Waals surface area contributed by atoms with E-state index in [9.17, 15) is 20.4 Å². The lowest BCUT2D eigenvalue weighted by atomic mass is 9.59. The Balaban J connectivity index is 1.82. The third kappa shape index (κ3) is 1.73. The molecule has 4 fully saturated rings. The normalized spacial score (nSPS) is 62.0. The Labute approximate surface area is 144 Å². The SMILES string of the molecule is C[C@H]1[C@@H]2CC[C@@H]3[C@@H](O)[C@@]2(C[C@@H](O)[C@@]2(O)[C@H]1C[C@H](O)C2(C)C)C[C@@H]3N. The maximum Gasteiger partial charge on any atom is 0.101 e. The first kappa shape index (κ1) is 17.2. The first-order valence-corrected chi connectivity index (χ1v) is 9.59. The van der Waals surface area contributed by atoms with E-state index in [1.165, 1.54) is 0 Å². The number of hydrogen-bond acceptors (Lipinski definition) is 5. The average molecular weight is 339 g/mol. The Morgan fingerprint density at radius 2 is 1.62 bits per heavy atom. The van der Waals surface area contributed by atoms with Crippen molar-refractivity contribution in [2.24, 2.45) is 40.2 Å². The molecule has 4 aliphatic carbocycles. The molecule has 0 aromatic carbocycles. The van der Waals surface area contributed by atoms with E-state index in [0.29, 0.717) is 12.8 Å². The molecule has 5 nitrogen and oxygen atoms in total. The zero-order chi connectivity index (χ0) is 17.7. The highest BCUT2D eigenvalue weighted by molar-refractivity contribution is 5.21. The molecular formula is C19H33NO4. The third-order valence-corrected chi connectivity index (χ3v) is 8.97. The highest BCUT2D eigenvalue weighted by Gasteiger charge is 2.71. The zero-order valence-corrected chi connectivity index (χ0v) is 15.0. The second-order valence-corrected chi connectivity index (χ2v) is 9.88. The second kappa shape index (κ2) is 4.95. The van der Waals surface area contributed by atoms with Gasteiger partial charge in [0.05, 0.1) is 18.3 Å². The summed E-state index contributed by atoms with van der Waals surface area (Å²) in [5.41, 5.74) is 3.86. The van der Waals surface area contributed by atoms with Crippen molar-refractivity contribution in [2.45, 2.75) is 82.8 Å². The van der Waals surface area contributed by atoms with Gasteiger partial charge in [-0.1, -0.05) is 20.8 Å². The van der Waals surface area contributed by atoms with Gasteiger partial charge in [0.1, 0.15) is 5.60 Å². The number of aliphatic hydroxyl groups excluding tert-OH is 3. The van der Waals surface area contributed by atoms with Gasteiger partial charge in [0.2, 0.25) is 0 Å². The third-order valence-electron chi connectivity index (χ3n) is 8.97. The summed E-state index contributed by atoms with van der Waals surface area (Å²) in [6.45, 7) is 5.87. The molecule has 0 unspecified atom stereocenters. The molecule has 0 aromatic heterocycles. The Morgan fingerprint density at radius 1 is 0.958 bits per heavy atom. The predicted octanol–water partition coefficient (Wildman–Crippen LogP) is 0.630. The van der Waals surface area contributed by atoms with Crippen LogP contribution in [0.1, 0.15) is 52.9 Å². The van der Waals surface area contributed by atoms with Gasteiger partial charge in [-0.15, -0.1) is 0 Å². The summed E-state index contributed by atoms with van der Waals surface area (Å²) in [6, 6.07) is -0.0180.